The molecule has 0 N–H and O–H groups in total. The van der Waals surface area contributed by atoms with Crippen molar-refractivity contribution in [2.24, 2.45) is 5.92 Å². The summed E-state index contributed by atoms with van der Waals surface area (Å²) in [5, 5.41) is 0.608. The van der Waals surface area contributed by atoms with Crippen molar-refractivity contribution in [3.63, 3.8) is 0 Å². The van der Waals surface area contributed by atoms with E-state index in [1.165, 1.54) is 13.0 Å². The zero-order chi connectivity index (χ0) is 30.0. The summed E-state index contributed by atoms with van der Waals surface area (Å²) >= 11 is 1.54. The van der Waals surface area contributed by atoms with E-state index in [4.69, 9.17) is 9.47 Å². The number of pyridine rings is 1. The summed E-state index contributed by atoms with van der Waals surface area (Å²) in [6.07, 6.45) is 1.03. The second kappa shape index (κ2) is 12.8. The zero-order valence-electron chi connectivity index (χ0n) is 24.9. The molecule has 1 aliphatic rings. The minimum atomic E-state index is -0.730. The van der Waals surface area contributed by atoms with Gasteiger partial charge in [0, 0.05) is 56.3 Å². The largest absolute Gasteiger partial charge is 0.497 e. The quantitative estimate of drug-likeness (QED) is 0.225. The molecule has 7 nitrogen and oxygen atoms in total. The van der Waals surface area contributed by atoms with E-state index >= 15 is 0 Å². The zero-order valence-corrected chi connectivity index (χ0v) is 25.7. The number of nitrogens with zero attached hydrogens (tertiary/aromatic N) is 3. The number of hydrogen-bond acceptors (Lipinski definition) is 7. The van der Waals surface area contributed by atoms with E-state index in [0.29, 0.717) is 23.1 Å². The van der Waals surface area contributed by atoms with Gasteiger partial charge in [0.05, 0.1) is 24.6 Å². The number of carbonyl (C=O) groups excluding carboxylic acids is 1. The third kappa shape index (κ3) is 6.28. The van der Waals surface area contributed by atoms with E-state index in [-0.39, 0.29) is 23.7 Å². The highest BCUT2D eigenvalue weighted by atomic mass is 32.1. The molecule has 0 saturated carbocycles. The molecule has 42 heavy (non-hydrogen) atoms. The van der Waals surface area contributed by atoms with Crippen LogP contribution in [0.3, 0.4) is 0 Å². The lowest BCUT2D eigenvalue weighted by Crippen LogP contribution is -2.44. The summed E-state index contributed by atoms with van der Waals surface area (Å²) in [4.78, 5) is 33.0. The van der Waals surface area contributed by atoms with Gasteiger partial charge in [0.2, 0.25) is 0 Å². The second-order valence-corrected chi connectivity index (χ2v) is 12.3. The Morgan fingerprint density at radius 2 is 1.71 bits per heavy atom. The van der Waals surface area contributed by atoms with Crippen molar-refractivity contribution in [2.75, 3.05) is 40.3 Å². The van der Waals surface area contributed by atoms with Crippen LogP contribution >= 0.6 is 11.3 Å². The first-order valence-corrected chi connectivity index (χ1v) is 15.1. The van der Waals surface area contributed by atoms with Crippen molar-refractivity contribution in [2.45, 2.75) is 40.0 Å². The van der Waals surface area contributed by atoms with E-state index in [9.17, 15) is 14.0 Å². The maximum atomic E-state index is 14.9. The minimum absolute atomic E-state index is 0.137. The Morgan fingerprint density at radius 3 is 2.33 bits per heavy atom. The molecular formula is C33H38FN3O4S. The summed E-state index contributed by atoms with van der Waals surface area (Å²) in [5.74, 6) is -0.142. The van der Waals surface area contributed by atoms with E-state index in [2.05, 4.69) is 16.8 Å². The van der Waals surface area contributed by atoms with Crippen LogP contribution in [0.5, 0.6) is 5.75 Å². The molecule has 4 aromatic rings. The van der Waals surface area contributed by atoms with Gasteiger partial charge in [0.15, 0.2) is 5.43 Å². The Bertz CT molecular complexity index is 1620. The predicted octanol–water partition coefficient (Wildman–Crippen LogP) is 5.93. The molecular weight excluding hydrogens is 553 g/mol. The van der Waals surface area contributed by atoms with Crippen molar-refractivity contribution in [3.8, 4) is 16.2 Å². The Labute approximate surface area is 250 Å². The van der Waals surface area contributed by atoms with Crippen LogP contribution in [0, 0.1) is 11.7 Å². The summed E-state index contributed by atoms with van der Waals surface area (Å²) in [6, 6.07) is 14.6. The molecule has 0 bridgehead atoms. The first-order chi connectivity index (χ1) is 20.2. The van der Waals surface area contributed by atoms with E-state index in [1.807, 2.05) is 48.7 Å². The number of methoxy groups -OCH3 is 1. The molecule has 1 atom stereocenters. The van der Waals surface area contributed by atoms with Crippen LogP contribution in [-0.4, -0.2) is 60.7 Å². The molecule has 1 saturated heterocycles. The summed E-state index contributed by atoms with van der Waals surface area (Å²) in [7, 11) is 3.76. The number of halogens is 1. The normalized spacial score (nSPS) is 15.3. The average molecular weight is 592 g/mol. The van der Waals surface area contributed by atoms with E-state index < -0.39 is 12.1 Å². The van der Waals surface area contributed by atoms with E-state index in [1.54, 1.807) is 36.8 Å². The number of fused-ring (bicyclic) bond motifs is 1. The summed E-state index contributed by atoms with van der Waals surface area (Å²) in [5.41, 5.74) is 2.71. The molecule has 1 aliphatic heterocycles. The molecule has 0 amide bonds. The van der Waals surface area contributed by atoms with Gasteiger partial charge in [-0.3, -0.25) is 14.5 Å². The van der Waals surface area contributed by atoms with Crippen LogP contribution in [0.2, 0.25) is 0 Å². The standard InChI is InChI=1S/C33H38FN3O4S/c1-21(2)31(41-22(3)38)27-20-37(18-24-8-6-7-9-28(24)34)33-29(30(27)39)26(19-36-16-14-35(4)15-17-36)32(42-33)23-10-12-25(40-5)13-11-23/h6-13,20-21,31H,14-19H2,1-5H3. The van der Waals surface area contributed by atoms with Gasteiger partial charge in [-0.2, -0.15) is 0 Å². The van der Waals surface area contributed by atoms with Crippen LogP contribution in [0.1, 0.15) is 43.6 Å². The van der Waals surface area contributed by atoms with E-state index in [0.717, 1.165) is 52.8 Å². The fourth-order valence-electron chi connectivity index (χ4n) is 5.54. The van der Waals surface area contributed by atoms with Gasteiger partial charge in [-0.1, -0.05) is 32.0 Å². The fourth-order valence-corrected chi connectivity index (χ4v) is 6.83. The number of thiophene rings is 1. The maximum Gasteiger partial charge on any atom is 0.303 e. The van der Waals surface area contributed by atoms with Crippen LogP contribution in [0.15, 0.2) is 59.5 Å². The summed E-state index contributed by atoms with van der Waals surface area (Å²) in [6.45, 7) is 9.74. The Kier molecular flexibility index (Phi) is 9.11. The maximum absolute atomic E-state index is 14.9. The highest BCUT2D eigenvalue weighted by Crippen LogP contribution is 2.40. The highest BCUT2D eigenvalue weighted by Gasteiger charge is 2.29. The van der Waals surface area contributed by atoms with Gasteiger partial charge in [-0.15, -0.1) is 11.3 Å². The first kappa shape index (κ1) is 29.9. The predicted molar refractivity (Wildman–Crippen MR) is 166 cm³/mol. The van der Waals surface area contributed by atoms with Gasteiger partial charge in [-0.05, 0) is 54.4 Å². The van der Waals surface area contributed by atoms with Crippen molar-refractivity contribution in [1.29, 1.82) is 0 Å². The van der Waals surface area contributed by atoms with Gasteiger partial charge in [0.1, 0.15) is 22.5 Å². The highest BCUT2D eigenvalue weighted by molar-refractivity contribution is 7.22. The van der Waals surface area contributed by atoms with Crippen LogP contribution < -0.4 is 10.2 Å². The van der Waals surface area contributed by atoms with Crippen molar-refractivity contribution in [3.05, 3.63) is 87.5 Å². The fraction of sp³-hybridized carbons (Fsp3) is 0.394. The van der Waals surface area contributed by atoms with Gasteiger partial charge >= 0.3 is 5.97 Å². The van der Waals surface area contributed by atoms with Crippen molar-refractivity contribution >= 4 is 27.5 Å². The molecule has 3 heterocycles. The number of esters is 1. The molecule has 1 unspecified atom stereocenters. The number of hydrogen-bond donors (Lipinski definition) is 0. The molecule has 0 spiro atoms. The Hall–Kier alpha value is -3.53. The molecule has 2 aromatic heterocycles. The molecule has 1 fully saturated rings. The topological polar surface area (TPSA) is 64.0 Å². The third-order valence-electron chi connectivity index (χ3n) is 7.87. The lowest BCUT2D eigenvalue weighted by atomic mass is 9.97. The second-order valence-electron chi connectivity index (χ2n) is 11.3. The number of aromatic nitrogens is 1. The smallest absolute Gasteiger partial charge is 0.303 e. The number of likely N-dealkylation sites (N-methyl/N-ethyl adjacent to an activating group) is 1. The van der Waals surface area contributed by atoms with Crippen LogP contribution in [0.25, 0.3) is 20.7 Å². The van der Waals surface area contributed by atoms with Crippen molar-refractivity contribution < 1.29 is 18.7 Å². The van der Waals surface area contributed by atoms with Crippen LogP contribution in [0.4, 0.5) is 4.39 Å². The van der Waals surface area contributed by atoms with Gasteiger partial charge < -0.3 is 18.9 Å². The number of carbonyl (C=O) groups is 1. The Balaban J connectivity index is 1.77. The van der Waals surface area contributed by atoms with Crippen LogP contribution in [-0.2, 0) is 22.6 Å². The lowest BCUT2D eigenvalue weighted by molar-refractivity contribution is -0.149. The Morgan fingerprint density at radius 1 is 1.02 bits per heavy atom. The van der Waals surface area contributed by atoms with Crippen molar-refractivity contribution in [1.82, 2.24) is 14.4 Å². The summed E-state index contributed by atoms with van der Waals surface area (Å²) < 4.78 is 28.0. The SMILES string of the molecule is COc1ccc(-c2sc3c(c2CN2CCN(C)CC2)c(=O)c(C(OC(C)=O)C(C)C)cn3Cc2ccccc2F)cc1. The third-order valence-corrected chi connectivity index (χ3v) is 9.19. The first-order valence-electron chi connectivity index (χ1n) is 14.3. The number of rotatable bonds is 9. The average Bonchev–Trinajstić information content (AvgIpc) is 3.35. The molecule has 0 radical (unpaired) electrons. The molecule has 0 aliphatic carbocycles. The molecule has 9 heteroatoms. The monoisotopic (exact) mass is 591 g/mol. The van der Waals surface area contributed by atoms with Gasteiger partial charge in [0.25, 0.3) is 0 Å². The lowest BCUT2D eigenvalue weighted by Gasteiger charge is -2.32. The molecule has 2 aromatic carbocycles. The number of ether oxygens (including phenoxy) is 2. The molecule has 5 rings (SSSR count). The minimum Gasteiger partial charge on any atom is -0.497 e. The molecule has 222 valence electrons. The number of benzene rings is 2. The van der Waals surface area contributed by atoms with Gasteiger partial charge in [-0.25, -0.2) is 4.39 Å². The number of piperazine rings is 1.